The molecule has 1 aromatic carbocycles. The molecule has 1 aromatic heterocycles. The van der Waals surface area contributed by atoms with Crippen molar-refractivity contribution in [1.82, 2.24) is 4.98 Å². The maximum absolute atomic E-state index is 12.3. The summed E-state index contributed by atoms with van der Waals surface area (Å²) in [7, 11) is 0. The summed E-state index contributed by atoms with van der Waals surface area (Å²) in [6, 6.07) is 7.53. The molecule has 20 heavy (non-hydrogen) atoms. The van der Waals surface area contributed by atoms with Gasteiger partial charge in [0.25, 0.3) is 5.78 Å². The van der Waals surface area contributed by atoms with Crippen LogP contribution in [-0.2, 0) is 20.7 Å². The molecule has 5 heteroatoms. The second-order valence-electron chi connectivity index (χ2n) is 4.73. The topological polar surface area (TPSA) is 76.2 Å². The number of hydrogen-bond acceptors (Lipinski definition) is 4. The fourth-order valence-electron chi connectivity index (χ4n) is 2.65. The Morgan fingerprint density at radius 3 is 2.85 bits per heavy atom. The van der Waals surface area contributed by atoms with E-state index in [4.69, 9.17) is 0 Å². The highest BCUT2D eigenvalue weighted by molar-refractivity contribution is 6.40. The Balaban J connectivity index is 1.95. The van der Waals surface area contributed by atoms with Crippen molar-refractivity contribution in [2.75, 3.05) is 6.61 Å². The quantitative estimate of drug-likeness (QED) is 0.523. The first-order valence-electron chi connectivity index (χ1n) is 6.48. The van der Waals surface area contributed by atoms with Gasteiger partial charge in [-0.2, -0.15) is 0 Å². The van der Waals surface area contributed by atoms with Gasteiger partial charge in [-0.1, -0.05) is 18.2 Å². The minimum absolute atomic E-state index is 0.125. The van der Waals surface area contributed by atoms with Crippen LogP contribution in [0.15, 0.2) is 24.3 Å². The fraction of sp³-hybridized carbons (Fsp3) is 0.267. The summed E-state index contributed by atoms with van der Waals surface area (Å²) in [6.45, 7) is 1.75. The number of aromatic nitrogens is 1. The van der Waals surface area contributed by atoms with Crippen LogP contribution in [0.5, 0.6) is 0 Å². The SMILES string of the molecule is CCOC(=O)C(=O)C1Cc2c([nH]c3ccccc23)C1=O. The third-order valence-corrected chi connectivity index (χ3v) is 3.58. The molecule has 0 radical (unpaired) electrons. The molecule has 0 saturated carbocycles. The monoisotopic (exact) mass is 271 g/mol. The van der Waals surface area contributed by atoms with Gasteiger partial charge < -0.3 is 9.72 Å². The number of para-hydroxylation sites is 1. The van der Waals surface area contributed by atoms with Crippen LogP contribution in [-0.4, -0.2) is 29.1 Å². The fourth-order valence-corrected chi connectivity index (χ4v) is 2.65. The van der Waals surface area contributed by atoms with Crippen molar-refractivity contribution in [3.63, 3.8) is 0 Å². The van der Waals surface area contributed by atoms with Gasteiger partial charge in [0.05, 0.1) is 18.2 Å². The molecule has 1 unspecified atom stereocenters. The number of carbonyl (C=O) groups is 3. The van der Waals surface area contributed by atoms with Crippen molar-refractivity contribution in [3.05, 3.63) is 35.5 Å². The molecule has 1 atom stereocenters. The predicted molar refractivity (Wildman–Crippen MR) is 71.5 cm³/mol. The lowest BCUT2D eigenvalue weighted by atomic mass is 9.99. The van der Waals surface area contributed by atoms with Crippen LogP contribution in [0.4, 0.5) is 0 Å². The normalized spacial score (nSPS) is 17.2. The molecule has 102 valence electrons. The average molecular weight is 271 g/mol. The molecule has 0 fully saturated rings. The number of benzene rings is 1. The number of H-pyrrole nitrogens is 1. The van der Waals surface area contributed by atoms with E-state index in [0.29, 0.717) is 5.69 Å². The third kappa shape index (κ3) is 1.74. The van der Waals surface area contributed by atoms with Crippen LogP contribution in [0.2, 0.25) is 0 Å². The van der Waals surface area contributed by atoms with Crippen molar-refractivity contribution in [1.29, 1.82) is 0 Å². The Hall–Kier alpha value is -2.43. The number of ether oxygens (including phenoxy) is 1. The Morgan fingerprint density at radius 2 is 2.10 bits per heavy atom. The van der Waals surface area contributed by atoms with Gasteiger partial charge in [0.2, 0.25) is 0 Å². The zero-order valence-electron chi connectivity index (χ0n) is 10.9. The lowest BCUT2D eigenvalue weighted by Gasteiger charge is -2.06. The number of Topliss-reactive ketones (excluding diaryl/α,β-unsaturated/α-hetero) is 2. The smallest absolute Gasteiger partial charge is 0.375 e. The zero-order valence-corrected chi connectivity index (χ0v) is 10.9. The molecule has 1 N–H and O–H groups in total. The lowest BCUT2D eigenvalue weighted by Crippen LogP contribution is -2.30. The van der Waals surface area contributed by atoms with Crippen molar-refractivity contribution < 1.29 is 19.1 Å². The molecular formula is C15H13NO4. The van der Waals surface area contributed by atoms with E-state index in [-0.39, 0.29) is 18.8 Å². The van der Waals surface area contributed by atoms with Gasteiger partial charge in [0.15, 0.2) is 5.78 Å². The maximum atomic E-state index is 12.3. The van der Waals surface area contributed by atoms with E-state index >= 15 is 0 Å². The molecule has 5 nitrogen and oxygen atoms in total. The minimum Gasteiger partial charge on any atom is -0.460 e. The number of esters is 1. The van der Waals surface area contributed by atoms with Gasteiger partial charge in [-0.15, -0.1) is 0 Å². The molecule has 1 heterocycles. The van der Waals surface area contributed by atoms with E-state index in [0.717, 1.165) is 16.5 Å². The van der Waals surface area contributed by atoms with Crippen molar-refractivity contribution in [2.45, 2.75) is 13.3 Å². The molecule has 0 saturated heterocycles. The van der Waals surface area contributed by atoms with E-state index in [2.05, 4.69) is 9.72 Å². The second kappa shape index (κ2) is 4.59. The van der Waals surface area contributed by atoms with Crippen LogP contribution in [0.1, 0.15) is 23.0 Å². The summed E-state index contributed by atoms with van der Waals surface area (Å²) in [5.41, 5.74) is 2.12. The summed E-state index contributed by atoms with van der Waals surface area (Å²) in [5.74, 6) is -2.96. The van der Waals surface area contributed by atoms with Crippen LogP contribution < -0.4 is 0 Å². The van der Waals surface area contributed by atoms with E-state index in [9.17, 15) is 14.4 Å². The number of nitrogens with one attached hydrogen (secondary N) is 1. The van der Waals surface area contributed by atoms with Gasteiger partial charge in [0.1, 0.15) is 0 Å². The number of carbonyl (C=O) groups excluding carboxylic acids is 3. The van der Waals surface area contributed by atoms with E-state index in [1.165, 1.54) is 0 Å². The summed E-state index contributed by atoms with van der Waals surface area (Å²) in [5, 5.41) is 0.926. The first-order valence-corrected chi connectivity index (χ1v) is 6.48. The maximum Gasteiger partial charge on any atom is 0.375 e. The molecule has 0 spiro atoms. The minimum atomic E-state index is -0.945. The van der Waals surface area contributed by atoms with Crippen LogP contribution >= 0.6 is 0 Å². The highest BCUT2D eigenvalue weighted by Gasteiger charge is 2.41. The van der Waals surface area contributed by atoms with Crippen LogP contribution in [0.3, 0.4) is 0 Å². The average Bonchev–Trinajstić information content (AvgIpc) is 2.96. The largest absolute Gasteiger partial charge is 0.460 e. The Morgan fingerprint density at radius 1 is 1.35 bits per heavy atom. The van der Waals surface area contributed by atoms with Crippen LogP contribution in [0.25, 0.3) is 10.9 Å². The number of aromatic amines is 1. The number of fused-ring (bicyclic) bond motifs is 3. The van der Waals surface area contributed by atoms with Gasteiger partial charge in [-0.25, -0.2) is 4.79 Å². The first-order chi connectivity index (χ1) is 9.63. The standard InChI is InChI=1S/C15H13NO4/c1-2-20-15(19)14(18)10-7-9-8-5-3-4-6-11(8)16-12(9)13(10)17/h3-6,10,16H,2,7H2,1H3. The van der Waals surface area contributed by atoms with E-state index < -0.39 is 17.7 Å². The predicted octanol–water partition coefficient (Wildman–Crippen LogP) is 1.66. The molecule has 2 aromatic rings. The Kier molecular flexibility index (Phi) is 2.89. The number of hydrogen-bond donors (Lipinski definition) is 1. The molecule has 1 aliphatic rings. The second-order valence-corrected chi connectivity index (χ2v) is 4.73. The molecule has 0 aliphatic heterocycles. The van der Waals surface area contributed by atoms with Crippen molar-refractivity contribution >= 4 is 28.4 Å². The zero-order chi connectivity index (χ0) is 14.3. The molecule has 3 rings (SSSR count). The van der Waals surface area contributed by atoms with Gasteiger partial charge in [0, 0.05) is 10.9 Å². The van der Waals surface area contributed by atoms with Crippen LogP contribution in [0, 0.1) is 5.92 Å². The summed E-state index contributed by atoms with van der Waals surface area (Å²) in [4.78, 5) is 38.7. The molecule has 0 amide bonds. The van der Waals surface area contributed by atoms with E-state index in [1.54, 1.807) is 6.92 Å². The highest BCUT2D eigenvalue weighted by atomic mass is 16.5. The Labute approximate surface area is 114 Å². The summed E-state index contributed by atoms with van der Waals surface area (Å²) >= 11 is 0. The molecule has 1 aliphatic carbocycles. The van der Waals surface area contributed by atoms with E-state index in [1.807, 2.05) is 24.3 Å². The molecule has 0 bridgehead atoms. The van der Waals surface area contributed by atoms with Gasteiger partial charge >= 0.3 is 5.97 Å². The Bertz CT molecular complexity index is 729. The number of rotatable bonds is 3. The highest BCUT2D eigenvalue weighted by Crippen LogP contribution is 2.33. The third-order valence-electron chi connectivity index (χ3n) is 3.58. The van der Waals surface area contributed by atoms with Crippen molar-refractivity contribution in [2.24, 2.45) is 5.92 Å². The lowest BCUT2D eigenvalue weighted by molar-refractivity contribution is -0.154. The summed E-state index contributed by atoms with van der Waals surface area (Å²) < 4.78 is 4.68. The van der Waals surface area contributed by atoms with Crippen molar-refractivity contribution in [3.8, 4) is 0 Å². The van der Waals surface area contributed by atoms with Gasteiger partial charge in [-0.3, -0.25) is 9.59 Å². The molecular weight excluding hydrogens is 258 g/mol. The first kappa shape index (κ1) is 12.6. The number of ketones is 2. The van der Waals surface area contributed by atoms with Gasteiger partial charge in [-0.05, 0) is 25.0 Å². The summed E-state index contributed by atoms with van der Waals surface area (Å²) in [6.07, 6.45) is 0.260.